The normalized spacial score (nSPS) is 17.6. The molecule has 3 rings (SSSR count). The Kier molecular flexibility index (Phi) is 3.72. The summed E-state index contributed by atoms with van der Waals surface area (Å²) in [5.74, 6) is 0.991. The van der Waals surface area contributed by atoms with E-state index in [-0.39, 0.29) is 0 Å². The number of ether oxygens (including phenoxy) is 1. The van der Waals surface area contributed by atoms with Gasteiger partial charge in [0.2, 0.25) is 0 Å². The zero-order valence-corrected chi connectivity index (χ0v) is 11.4. The van der Waals surface area contributed by atoms with Gasteiger partial charge in [0.15, 0.2) is 0 Å². The topological polar surface area (TPSA) is 21.3 Å². The number of benzene rings is 2. The van der Waals surface area contributed by atoms with E-state index in [9.17, 15) is 0 Å². The van der Waals surface area contributed by atoms with E-state index in [0.717, 1.165) is 35.9 Å². The van der Waals surface area contributed by atoms with Crippen LogP contribution in [0.5, 0.6) is 5.75 Å². The molecule has 2 aromatic carbocycles. The third-order valence-electron chi connectivity index (χ3n) is 3.46. The zero-order valence-electron chi connectivity index (χ0n) is 10.6. The number of nitrogens with one attached hydrogen (secondary N) is 1. The van der Waals surface area contributed by atoms with Crippen molar-refractivity contribution in [2.75, 3.05) is 6.61 Å². The summed E-state index contributed by atoms with van der Waals surface area (Å²) < 4.78 is 5.66. The first-order valence-electron chi connectivity index (χ1n) is 6.53. The second-order valence-electron chi connectivity index (χ2n) is 4.70. The molecule has 1 aliphatic rings. The van der Waals surface area contributed by atoms with Gasteiger partial charge in [-0.3, -0.25) is 0 Å². The highest BCUT2D eigenvalue weighted by molar-refractivity contribution is 6.31. The van der Waals surface area contributed by atoms with Crippen LogP contribution in [-0.2, 0) is 6.54 Å². The monoisotopic (exact) mass is 273 g/mol. The summed E-state index contributed by atoms with van der Waals surface area (Å²) in [6.07, 6.45) is 0.988. The molecular weight excluding hydrogens is 258 g/mol. The largest absolute Gasteiger partial charge is 0.493 e. The first kappa shape index (κ1) is 12.5. The van der Waals surface area contributed by atoms with E-state index in [2.05, 4.69) is 23.5 Å². The smallest absolute Gasteiger partial charge is 0.124 e. The van der Waals surface area contributed by atoms with Crippen molar-refractivity contribution in [3.05, 3.63) is 64.7 Å². The van der Waals surface area contributed by atoms with E-state index in [1.54, 1.807) is 0 Å². The summed E-state index contributed by atoms with van der Waals surface area (Å²) in [6, 6.07) is 16.5. The van der Waals surface area contributed by atoms with Crippen molar-refractivity contribution in [2.45, 2.75) is 19.0 Å². The van der Waals surface area contributed by atoms with Crippen LogP contribution in [0, 0.1) is 0 Å². The molecule has 1 unspecified atom stereocenters. The molecule has 98 valence electrons. The molecule has 0 aromatic heterocycles. The molecule has 0 bridgehead atoms. The minimum Gasteiger partial charge on any atom is -0.493 e. The van der Waals surface area contributed by atoms with Gasteiger partial charge in [-0.2, -0.15) is 0 Å². The van der Waals surface area contributed by atoms with Gasteiger partial charge in [-0.05, 0) is 17.7 Å². The highest BCUT2D eigenvalue weighted by atomic mass is 35.5. The van der Waals surface area contributed by atoms with Crippen molar-refractivity contribution in [3.8, 4) is 5.75 Å². The summed E-state index contributed by atoms with van der Waals surface area (Å²) >= 11 is 6.18. The van der Waals surface area contributed by atoms with Gasteiger partial charge in [-0.15, -0.1) is 0 Å². The first-order valence-corrected chi connectivity index (χ1v) is 6.91. The number of rotatable bonds is 3. The number of fused-ring (bicyclic) bond motifs is 1. The van der Waals surface area contributed by atoms with Gasteiger partial charge >= 0.3 is 0 Å². The minimum atomic E-state index is 0.334. The predicted octanol–water partition coefficient (Wildman–Crippen LogP) is 3.95. The van der Waals surface area contributed by atoms with Crippen molar-refractivity contribution < 1.29 is 4.74 Å². The Labute approximate surface area is 118 Å². The average Bonchev–Trinajstić information content (AvgIpc) is 2.46. The van der Waals surface area contributed by atoms with E-state index in [1.807, 2.05) is 30.3 Å². The molecular formula is C16H16ClNO. The predicted molar refractivity (Wildman–Crippen MR) is 77.6 cm³/mol. The van der Waals surface area contributed by atoms with Gasteiger partial charge in [-0.1, -0.05) is 48.0 Å². The SMILES string of the molecule is Clc1ccccc1CNC1CCOc2ccccc21. The van der Waals surface area contributed by atoms with Crippen LogP contribution >= 0.6 is 11.6 Å². The third kappa shape index (κ3) is 2.75. The van der Waals surface area contributed by atoms with E-state index in [4.69, 9.17) is 16.3 Å². The first-order chi connectivity index (χ1) is 9.34. The molecule has 0 aliphatic carbocycles. The quantitative estimate of drug-likeness (QED) is 0.914. The second kappa shape index (κ2) is 5.64. The van der Waals surface area contributed by atoms with Crippen LogP contribution in [0.1, 0.15) is 23.6 Å². The molecule has 2 nitrogen and oxygen atoms in total. The van der Waals surface area contributed by atoms with Gasteiger partial charge in [0.05, 0.1) is 6.61 Å². The Morgan fingerprint density at radius 3 is 2.79 bits per heavy atom. The summed E-state index contributed by atoms with van der Waals surface area (Å²) in [7, 11) is 0. The average molecular weight is 274 g/mol. The fourth-order valence-electron chi connectivity index (χ4n) is 2.43. The molecule has 1 aliphatic heterocycles. The van der Waals surface area contributed by atoms with Crippen molar-refractivity contribution in [2.24, 2.45) is 0 Å². The molecule has 1 heterocycles. The summed E-state index contributed by atoms with van der Waals surface area (Å²) in [4.78, 5) is 0. The van der Waals surface area contributed by atoms with Gasteiger partial charge < -0.3 is 10.1 Å². The van der Waals surface area contributed by atoms with Crippen molar-refractivity contribution in [1.29, 1.82) is 0 Å². The van der Waals surface area contributed by atoms with Crippen LogP contribution in [0.4, 0.5) is 0 Å². The van der Waals surface area contributed by atoms with Crippen LogP contribution in [0.3, 0.4) is 0 Å². The lowest BCUT2D eigenvalue weighted by Gasteiger charge is -2.26. The number of para-hydroxylation sites is 1. The molecule has 2 aromatic rings. The Hall–Kier alpha value is -1.51. The molecule has 19 heavy (non-hydrogen) atoms. The molecule has 1 N–H and O–H groups in total. The van der Waals surface area contributed by atoms with Crippen molar-refractivity contribution >= 4 is 11.6 Å². The molecule has 0 fully saturated rings. The number of hydrogen-bond acceptors (Lipinski definition) is 2. The summed E-state index contributed by atoms with van der Waals surface area (Å²) in [5, 5.41) is 4.39. The fourth-order valence-corrected chi connectivity index (χ4v) is 2.63. The van der Waals surface area contributed by atoms with Crippen LogP contribution in [0.2, 0.25) is 5.02 Å². The van der Waals surface area contributed by atoms with E-state index in [0.29, 0.717) is 6.04 Å². The maximum atomic E-state index is 6.18. The van der Waals surface area contributed by atoms with Gasteiger partial charge in [0, 0.05) is 29.6 Å². The standard InChI is InChI=1S/C16H16ClNO/c17-14-7-3-1-5-12(14)11-18-15-9-10-19-16-8-4-2-6-13(15)16/h1-8,15,18H,9-11H2. The summed E-state index contributed by atoms with van der Waals surface area (Å²) in [6.45, 7) is 1.54. The van der Waals surface area contributed by atoms with Crippen LogP contribution in [-0.4, -0.2) is 6.61 Å². The second-order valence-corrected chi connectivity index (χ2v) is 5.11. The Balaban J connectivity index is 1.73. The highest BCUT2D eigenvalue weighted by Crippen LogP contribution is 2.31. The molecule has 0 saturated carbocycles. The van der Waals surface area contributed by atoms with Crippen molar-refractivity contribution in [1.82, 2.24) is 5.32 Å². The zero-order chi connectivity index (χ0) is 13.1. The summed E-state index contributed by atoms with van der Waals surface area (Å²) in [5.41, 5.74) is 2.37. The van der Waals surface area contributed by atoms with E-state index < -0.39 is 0 Å². The molecule has 3 heteroatoms. The molecule has 0 radical (unpaired) electrons. The molecule has 1 atom stereocenters. The number of halogens is 1. The molecule has 0 amide bonds. The van der Waals surface area contributed by atoms with Crippen molar-refractivity contribution in [3.63, 3.8) is 0 Å². The lowest BCUT2D eigenvalue weighted by molar-refractivity contribution is 0.252. The maximum Gasteiger partial charge on any atom is 0.124 e. The third-order valence-corrected chi connectivity index (χ3v) is 3.82. The fraction of sp³-hybridized carbons (Fsp3) is 0.250. The van der Waals surface area contributed by atoms with Crippen LogP contribution in [0.25, 0.3) is 0 Å². The van der Waals surface area contributed by atoms with Gasteiger partial charge in [0.25, 0.3) is 0 Å². The Bertz CT molecular complexity index is 570. The minimum absolute atomic E-state index is 0.334. The molecule has 0 saturated heterocycles. The van der Waals surface area contributed by atoms with Crippen LogP contribution < -0.4 is 10.1 Å². The van der Waals surface area contributed by atoms with E-state index in [1.165, 1.54) is 5.56 Å². The number of hydrogen-bond donors (Lipinski definition) is 1. The van der Waals surface area contributed by atoms with Gasteiger partial charge in [-0.25, -0.2) is 0 Å². The van der Waals surface area contributed by atoms with Crippen LogP contribution in [0.15, 0.2) is 48.5 Å². The molecule has 0 spiro atoms. The lowest BCUT2D eigenvalue weighted by atomic mass is 10.0. The Morgan fingerprint density at radius 2 is 1.89 bits per heavy atom. The highest BCUT2D eigenvalue weighted by Gasteiger charge is 2.20. The van der Waals surface area contributed by atoms with E-state index >= 15 is 0 Å². The van der Waals surface area contributed by atoms with Gasteiger partial charge in [0.1, 0.15) is 5.75 Å². The Morgan fingerprint density at radius 1 is 1.11 bits per heavy atom. The maximum absolute atomic E-state index is 6.18. The lowest BCUT2D eigenvalue weighted by Crippen LogP contribution is -2.26.